The predicted molar refractivity (Wildman–Crippen MR) is 44.7 cm³/mol. The standard InChI is InChI=1S/C8H12F3N3/c1-3-4-5-7-13-12-6(2)14(7)8(9,10)11/h3-5H2,1-2H3. The number of halogens is 3. The first-order chi connectivity index (χ1) is 6.46. The summed E-state index contributed by atoms with van der Waals surface area (Å²) in [5.41, 5.74) is 0. The molecule has 0 spiro atoms. The van der Waals surface area contributed by atoms with E-state index in [0.717, 1.165) is 6.42 Å². The molecule has 1 heterocycles. The average Bonchev–Trinajstić information content (AvgIpc) is 2.42. The van der Waals surface area contributed by atoms with Gasteiger partial charge in [-0.2, -0.15) is 0 Å². The Hall–Kier alpha value is -1.07. The molecule has 14 heavy (non-hydrogen) atoms. The lowest BCUT2D eigenvalue weighted by molar-refractivity contribution is -0.206. The van der Waals surface area contributed by atoms with Crippen LogP contribution in [0.1, 0.15) is 31.4 Å². The number of aryl methyl sites for hydroxylation is 2. The number of nitrogens with zero attached hydrogens (tertiary/aromatic N) is 3. The molecular weight excluding hydrogens is 195 g/mol. The Kier molecular flexibility index (Phi) is 3.13. The van der Waals surface area contributed by atoms with E-state index in [9.17, 15) is 13.2 Å². The van der Waals surface area contributed by atoms with Crippen molar-refractivity contribution in [1.29, 1.82) is 0 Å². The summed E-state index contributed by atoms with van der Waals surface area (Å²) in [6, 6.07) is 0. The van der Waals surface area contributed by atoms with Gasteiger partial charge in [0.15, 0.2) is 0 Å². The number of aromatic nitrogens is 3. The van der Waals surface area contributed by atoms with E-state index in [1.165, 1.54) is 6.92 Å². The van der Waals surface area contributed by atoms with Gasteiger partial charge in [-0.25, -0.2) is 4.57 Å². The molecule has 0 aliphatic rings. The minimum Gasteiger partial charge on any atom is -0.224 e. The van der Waals surface area contributed by atoms with E-state index in [1.54, 1.807) is 0 Å². The summed E-state index contributed by atoms with van der Waals surface area (Å²) in [6.07, 6.45) is -2.56. The monoisotopic (exact) mass is 207 g/mol. The van der Waals surface area contributed by atoms with Gasteiger partial charge >= 0.3 is 6.30 Å². The second kappa shape index (κ2) is 3.98. The molecule has 0 atom stereocenters. The first-order valence-corrected chi connectivity index (χ1v) is 4.45. The van der Waals surface area contributed by atoms with Gasteiger partial charge in [0.2, 0.25) is 0 Å². The molecule has 0 amide bonds. The Morgan fingerprint density at radius 2 is 1.93 bits per heavy atom. The van der Waals surface area contributed by atoms with Gasteiger partial charge in [-0.05, 0) is 13.3 Å². The average molecular weight is 207 g/mol. The zero-order valence-corrected chi connectivity index (χ0v) is 8.10. The fourth-order valence-electron chi connectivity index (χ4n) is 1.23. The molecule has 1 aromatic rings. The number of unbranched alkanes of at least 4 members (excludes halogenated alkanes) is 1. The second-order valence-electron chi connectivity index (χ2n) is 3.07. The summed E-state index contributed by atoms with van der Waals surface area (Å²) < 4.78 is 37.6. The van der Waals surface area contributed by atoms with Gasteiger partial charge < -0.3 is 0 Å². The first-order valence-electron chi connectivity index (χ1n) is 4.45. The number of hydrogen-bond donors (Lipinski definition) is 0. The lowest BCUT2D eigenvalue weighted by Crippen LogP contribution is -2.21. The van der Waals surface area contributed by atoms with E-state index in [0.29, 0.717) is 12.8 Å². The van der Waals surface area contributed by atoms with Crippen LogP contribution in [0.15, 0.2) is 0 Å². The zero-order chi connectivity index (χ0) is 10.8. The number of alkyl halides is 3. The molecule has 0 N–H and O–H groups in total. The maximum Gasteiger partial charge on any atom is 0.491 e. The third-order valence-corrected chi connectivity index (χ3v) is 1.90. The molecule has 0 unspecified atom stereocenters. The van der Waals surface area contributed by atoms with Gasteiger partial charge in [-0.3, -0.25) is 0 Å². The molecule has 0 fully saturated rings. The fraction of sp³-hybridized carbons (Fsp3) is 0.750. The molecule has 0 saturated carbocycles. The van der Waals surface area contributed by atoms with Gasteiger partial charge in [0.05, 0.1) is 0 Å². The van der Waals surface area contributed by atoms with E-state index in [4.69, 9.17) is 0 Å². The Morgan fingerprint density at radius 1 is 1.29 bits per heavy atom. The Balaban J connectivity index is 2.95. The molecule has 0 aliphatic heterocycles. The van der Waals surface area contributed by atoms with E-state index >= 15 is 0 Å². The molecule has 1 rings (SSSR count). The van der Waals surface area contributed by atoms with Crippen LogP contribution >= 0.6 is 0 Å². The van der Waals surface area contributed by atoms with Gasteiger partial charge in [0, 0.05) is 6.42 Å². The minimum atomic E-state index is -4.41. The van der Waals surface area contributed by atoms with Crippen LogP contribution in [0.3, 0.4) is 0 Å². The highest BCUT2D eigenvalue weighted by molar-refractivity contribution is 4.95. The smallest absolute Gasteiger partial charge is 0.224 e. The third-order valence-electron chi connectivity index (χ3n) is 1.90. The Bertz CT molecular complexity index is 303. The van der Waals surface area contributed by atoms with Crippen LogP contribution in [0.25, 0.3) is 0 Å². The minimum absolute atomic E-state index is 0.00292. The van der Waals surface area contributed by atoms with Gasteiger partial charge in [-0.15, -0.1) is 23.4 Å². The maximum atomic E-state index is 12.5. The van der Waals surface area contributed by atoms with Crippen LogP contribution < -0.4 is 0 Å². The highest BCUT2D eigenvalue weighted by Crippen LogP contribution is 2.25. The number of hydrogen-bond acceptors (Lipinski definition) is 2. The maximum absolute atomic E-state index is 12.5. The summed E-state index contributed by atoms with van der Waals surface area (Å²) in [5, 5.41) is 6.94. The lowest BCUT2D eigenvalue weighted by atomic mass is 10.2. The molecule has 0 radical (unpaired) electrons. The van der Waals surface area contributed by atoms with E-state index in [2.05, 4.69) is 10.2 Å². The van der Waals surface area contributed by atoms with Gasteiger partial charge in [0.25, 0.3) is 0 Å². The first kappa shape index (κ1) is 11.0. The quantitative estimate of drug-likeness (QED) is 0.762. The van der Waals surface area contributed by atoms with E-state index < -0.39 is 6.30 Å². The summed E-state index contributed by atoms with van der Waals surface area (Å²) in [6.45, 7) is 3.22. The van der Waals surface area contributed by atoms with E-state index in [-0.39, 0.29) is 16.2 Å². The van der Waals surface area contributed by atoms with Crippen LogP contribution in [0.2, 0.25) is 0 Å². The highest BCUT2D eigenvalue weighted by Gasteiger charge is 2.35. The second-order valence-corrected chi connectivity index (χ2v) is 3.07. The molecule has 0 aromatic carbocycles. The largest absolute Gasteiger partial charge is 0.491 e. The van der Waals surface area contributed by atoms with E-state index in [1.807, 2.05) is 6.92 Å². The third kappa shape index (κ3) is 2.24. The van der Waals surface area contributed by atoms with Crippen molar-refractivity contribution in [2.24, 2.45) is 0 Å². The van der Waals surface area contributed by atoms with Crippen molar-refractivity contribution in [3.63, 3.8) is 0 Å². The lowest BCUT2D eigenvalue weighted by Gasteiger charge is -2.11. The SMILES string of the molecule is CCCCc1nnc(C)n1C(F)(F)F. The topological polar surface area (TPSA) is 30.7 Å². The summed E-state index contributed by atoms with van der Waals surface area (Å²) in [4.78, 5) is 0. The van der Waals surface area contributed by atoms with Crippen LogP contribution in [-0.2, 0) is 12.7 Å². The van der Waals surface area contributed by atoms with Crippen molar-refractivity contribution in [2.45, 2.75) is 39.4 Å². The predicted octanol–water partition coefficient (Wildman–Crippen LogP) is 2.41. The Labute approximate surface area is 79.9 Å². The summed E-state index contributed by atoms with van der Waals surface area (Å²) in [5.74, 6) is -0.111. The normalized spacial score (nSPS) is 12.1. The molecule has 0 bridgehead atoms. The number of rotatable bonds is 3. The van der Waals surface area contributed by atoms with Crippen molar-refractivity contribution in [1.82, 2.24) is 14.8 Å². The Morgan fingerprint density at radius 3 is 2.43 bits per heavy atom. The van der Waals surface area contributed by atoms with Crippen molar-refractivity contribution in [2.75, 3.05) is 0 Å². The van der Waals surface area contributed by atoms with Crippen LogP contribution in [0.5, 0.6) is 0 Å². The van der Waals surface area contributed by atoms with Crippen molar-refractivity contribution < 1.29 is 13.2 Å². The molecule has 6 heteroatoms. The molecule has 1 aromatic heterocycles. The fourth-order valence-corrected chi connectivity index (χ4v) is 1.23. The van der Waals surface area contributed by atoms with Crippen molar-refractivity contribution >= 4 is 0 Å². The molecule has 0 aliphatic carbocycles. The molecule has 80 valence electrons. The van der Waals surface area contributed by atoms with Crippen LogP contribution in [0, 0.1) is 6.92 Å². The van der Waals surface area contributed by atoms with Gasteiger partial charge in [0.1, 0.15) is 11.6 Å². The molecule has 3 nitrogen and oxygen atoms in total. The molecule has 0 saturated heterocycles. The zero-order valence-electron chi connectivity index (χ0n) is 8.10. The van der Waals surface area contributed by atoms with Gasteiger partial charge in [-0.1, -0.05) is 13.3 Å². The van der Waals surface area contributed by atoms with Crippen LogP contribution in [-0.4, -0.2) is 14.8 Å². The molecular formula is C8H12F3N3. The van der Waals surface area contributed by atoms with Crippen LogP contribution in [0.4, 0.5) is 13.2 Å². The van der Waals surface area contributed by atoms with Crippen molar-refractivity contribution in [3.8, 4) is 0 Å². The highest BCUT2D eigenvalue weighted by atomic mass is 19.4. The summed E-state index contributed by atoms with van der Waals surface area (Å²) in [7, 11) is 0. The van der Waals surface area contributed by atoms with Crippen molar-refractivity contribution in [3.05, 3.63) is 11.6 Å². The summed E-state index contributed by atoms with van der Waals surface area (Å²) >= 11 is 0.